The minimum atomic E-state index is -2.69. The zero-order valence-corrected chi connectivity index (χ0v) is 19.3. The highest BCUT2D eigenvalue weighted by Gasteiger charge is 2.40. The Morgan fingerprint density at radius 2 is 2.03 bits per heavy atom. The van der Waals surface area contributed by atoms with E-state index in [9.17, 15) is 18.4 Å². The van der Waals surface area contributed by atoms with Crippen LogP contribution < -0.4 is 15.0 Å². The number of esters is 1. The third-order valence-corrected chi connectivity index (χ3v) is 6.33. The highest BCUT2D eigenvalue weighted by atomic mass is 19.3. The Labute approximate surface area is 194 Å². The van der Waals surface area contributed by atoms with Crippen molar-refractivity contribution in [3.8, 4) is 5.75 Å². The molecule has 0 unspecified atom stereocenters. The number of hydrogen-bond acceptors (Lipinski definition) is 5. The number of carbonyl (C=O) groups is 2. The molecule has 1 aromatic rings. The number of nitrogens with zero attached hydrogens (tertiary/aromatic N) is 1. The molecule has 0 spiro atoms. The summed E-state index contributed by atoms with van der Waals surface area (Å²) in [6.07, 6.45) is 4.02. The molecule has 0 aromatic heterocycles. The van der Waals surface area contributed by atoms with Crippen LogP contribution >= 0.6 is 0 Å². The Morgan fingerprint density at radius 1 is 1.27 bits per heavy atom. The maximum Gasteiger partial charge on any atom is 0.307 e. The van der Waals surface area contributed by atoms with Crippen LogP contribution in [0.25, 0.3) is 0 Å². The largest absolute Gasteiger partial charge is 0.490 e. The van der Waals surface area contributed by atoms with Gasteiger partial charge in [-0.2, -0.15) is 0 Å². The van der Waals surface area contributed by atoms with Crippen LogP contribution in [0.4, 0.5) is 14.5 Å². The van der Waals surface area contributed by atoms with Crippen LogP contribution in [0.5, 0.6) is 5.75 Å². The van der Waals surface area contributed by atoms with E-state index in [-0.39, 0.29) is 37.4 Å². The van der Waals surface area contributed by atoms with E-state index in [1.807, 2.05) is 18.2 Å². The molecule has 2 aliphatic rings. The number of hydrogen-bond donors (Lipinski definition) is 1. The van der Waals surface area contributed by atoms with Crippen LogP contribution in [-0.4, -0.2) is 50.1 Å². The SMILES string of the molecule is C=CCC(F)(F)C1CCC(Oc2ccc3c(c2)CCN3C(=O)CNCCC(=O)OCC)CC1. The summed E-state index contributed by atoms with van der Waals surface area (Å²) >= 11 is 0. The fraction of sp³-hybridized carbons (Fsp3) is 0.600. The average molecular weight is 465 g/mol. The number of rotatable bonds is 11. The Hall–Kier alpha value is -2.48. The van der Waals surface area contributed by atoms with Crippen molar-refractivity contribution < 1.29 is 27.8 Å². The quantitative estimate of drug-likeness (QED) is 0.301. The van der Waals surface area contributed by atoms with E-state index in [2.05, 4.69) is 11.9 Å². The summed E-state index contributed by atoms with van der Waals surface area (Å²) < 4.78 is 39.2. The molecular weight excluding hydrogens is 430 g/mol. The number of alkyl halides is 2. The molecule has 1 fully saturated rings. The van der Waals surface area contributed by atoms with Gasteiger partial charge in [0.1, 0.15) is 5.75 Å². The summed E-state index contributed by atoms with van der Waals surface area (Å²) in [6, 6.07) is 5.68. The van der Waals surface area contributed by atoms with E-state index in [1.54, 1.807) is 11.8 Å². The van der Waals surface area contributed by atoms with Gasteiger partial charge in [0.15, 0.2) is 0 Å². The maximum absolute atomic E-state index is 14.1. The minimum Gasteiger partial charge on any atom is -0.490 e. The van der Waals surface area contributed by atoms with E-state index in [0.717, 1.165) is 23.4 Å². The number of allylic oxidation sites excluding steroid dienone is 1. The van der Waals surface area contributed by atoms with Crippen molar-refractivity contribution >= 4 is 17.6 Å². The molecule has 6 nitrogen and oxygen atoms in total. The van der Waals surface area contributed by atoms with E-state index >= 15 is 0 Å². The van der Waals surface area contributed by atoms with E-state index in [0.29, 0.717) is 45.4 Å². The van der Waals surface area contributed by atoms with Crippen molar-refractivity contribution in [1.82, 2.24) is 5.32 Å². The molecular formula is C25H34F2N2O4. The highest BCUT2D eigenvalue weighted by molar-refractivity contribution is 5.96. The summed E-state index contributed by atoms with van der Waals surface area (Å²) in [5.41, 5.74) is 1.91. The van der Waals surface area contributed by atoms with Gasteiger partial charge in [0, 0.05) is 31.1 Å². The van der Waals surface area contributed by atoms with E-state index in [4.69, 9.17) is 9.47 Å². The number of anilines is 1. The predicted octanol–water partition coefficient (Wildman–Crippen LogP) is 4.27. The van der Waals surface area contributed by atoms with Crippen LogP contribution in [-0.2, 0) is 20.7 Å². The third-order valence-electron chi connectivity index (χ3n) is 6.33. The van der Waals surface area contributed by atoms with Crippen LogP contribution in [0, 0.1) is 5.92 Å². The van der Waals surface area contributed by atoms with Crippen LogP contribution in [0.3, 0.4) is 0 Å². The number of benzene rings is 1. The number of carbonyl (C=O) groups excluding carboxylic acids is 2. The second-order valence-corrected chi connectivity index (χ2v) is 8.66. The molecule has 3 rings (SSSR count). The van der Waals surface area contributed by atoms with Gasteiger partial charge in [-0.05, 0) is 62.8 Å². The monoisotopic (exact) mass is 464 g/mol. The Kier molecular flexibility index (Phi) is 8.83. The molecule has 0 bridgehead atoms. The van der Waals surface area contributed by atoms with Crippen molar-refractivity contribution in [2.45, 2.75) is 63.9 Å². The van der Waals surface area contributed by atoms with Gasteiger partial charge >= 0.3 is 5.97 Å². The lowest BCUT2D eigenvalue weighted by Gasteiger charge is -2.33. The smallest absolute Gasteiger partial charge is 0.307 e. The van der Waals surface area contributed by atoms with E-state index in [1.165, 1.54) is 6.08 Å². The highest BCUT2D eigenvalue weighted by Crippen LogP contribution is 2.40. The number of ether oxygens (including phenoxy) is 2. The van der Waals surface area contributed by atoms with Gasteiger partial charge in [-0.25, -0.2) is 8.78 Å². The summed E-state index contributed by atoms with van der Waals surface area (Å²) in [5.74, 6) is -2.91. The van der Waals surface area contributed by atoms with Gasteiger partial charge < -0.3 is 19.7 Å². The summed E-state index contributed by atoms with van der Waals surface area (Å²) in [5, 5.41) is 2.99. The molecule has 8 heteroatoms. The van der Waals surface area contributed by atoms with Gasteiger partial charge in [-0.1, -0.05) is 6.08 Å². The van der Waals surface area contributed by atoms with Gasteiger partial charge in [0.25, 0.3) is 5.92 Å². The molecule has 0 atom stereocenters. The molecule has 182 valence electrons. The number of halogens is 2. The second kappa shape index (κ2) is 11.6. The van der Waals surface area contributed by atoms with Gasteiger partial charge in [-0.15, -0.1) is 6.58 Å². The molecule has 0 radical (unpaired) electrons. The molecule has 0 saturated heterocycles. The summed E-state index contributed by atoms with van der Waals surface area (Å²) in [7, 11) is 0. The first-order valence-corrected chi connectivity index (χ1v) is 11.8. The molecule has 1 heterocycles. The Morgan fingerprint density at radius 3 is 2.73 bits per heavy atom. The number of fused-ring (bicyclic) bond motifs is 1. The van der Waals surface area contributed by atoms with Gasteiger partial charge in [0.2, 0.25) is 5.91 Å². The maximum atomic E-state index is 14.1. The van der Waals surface area contributed by atoms with Gasteiger partial charge in [-0.3, -0.25) is 9.59 Å². The molecule has 1 aliphatic carbocycles. The second-order valence-electron chi connectivity index (χ2n) is 8.66. The predicted molar refractivity (Wildman–Crippen MR) is 123 cm³/mol. The average Bonchev–Trinajstić information content (AvgIpc) is 3.20. The summed E-state index contributed by atoms with van der Waals surface area (Å²) in [4.78, 5) is 25.7. The molecule has 1 saturated carbocycles. The van der Waals surface area contributed by atoms with Crippen LogP contribution in [0.15, 0.2) is 30.9 Å². The standard InChI is InChI=1S/C25H34F2N2O4/c1-3-13-25(26,27)19-5-7-20(8-6-19)33-21-9-10-22-18(16-21)12-15-29(22)23(30)17-28-14-11-24(31)32-4-2/h3,9-10,16,19-20,28H,1,4-8,11-15,17H2,2H3. The lowest BCUT2D eigenvalue weighted by molar-refractivity contribution is -0.143. The number of amides is 1. The van der Waals surface area contributed by atoms with Crippen molar-refractivity contribution in [3.63, 3.8) is 0 Å². The summed E-state index contributed by atoms with van der Waals surface area (Å²) in [6.45, 7) is 6.68. The topological polar surface area (TPSA) is 67.9 Å². The van der Waals surface area contributed by atoms with E-state index < -0.39 is 11.8 Å². The lowest BCUT2D eigenvalue weighted by atomic mass is 9.82. The van der Waals surface area contributed by atoms with Crippen molar-refractivity contribution in [1.29, 1.82) is 0 Å². The first-order valence-electron chi connectivity index (χ1n) is 11.8. The number of nitrogens with one attached hydrogen (secondary N) is 1. The normalized spacial score (nSPS) is 20.3. The van der Waals surface area contributed by atoms with Crippen LogP contribution in [0.2, 0.25) is 0 Å². The minimum absolute atomic E-state index is 0.0509. The third kappa shape index (κ3) is 6.76. The fourth-order valence-electron chi connectivity index (χ4n) is 4.58. The fourth-order valence-corrected chi connectivity index (χ4v) is 4.58. The molecule has 1 aromatic carbocycles. The molecule has 33 heavy (non-hydrogen) atoms. The first kappa shape index (κ1) is 25.1. The Balaban J connectivity index is 1.47. The lowest BCUT2D eigenvalue weighted by Crippen LogP contribution is -2.37. The van der Waals surface area contributed by atoms with Crippen molar-refractivity contribution in [3.05, 3.63) is 36.4 Å². The van der Waals surface area contributed by atoms with Gasteiger partial charge in [0.05, 0.1) is 25.7 Å². The van der Waals surface area contributed by atoms with Crippen molar-refractivity contribution in [2.75, 3.05) is 31.1 Å². The molecule has 1 aliphatic heterocycles. The zero-order chi connectivity index (χ0) is 23.8. The molecule has 1 N–H and O–H groups in total. The molecule has 1 amide bonds. The van der Waals surface area contributed by atoms with Crippen molar-refractivity contribution in [2.24, 2.45) is 5.92 Å². The first-order chi connectivity index (χ1) is 15.8. The zero-order valence-electron chi connectivity index (χ0n) is 19.3. The van der Waals surface area contributed by atoms with Crippen LogP contribution in [0.1, 0.15) is 51.0 Å². The Bertz CT molecular complexity index is 838.